The monoisotopic (exact) mass is 465 g/mol. The van der Waals surface area contributed by atoms with Gasteiger partial charge in [0.15, 0.2) is 0 Å². The predicted molar refractivity (Wildman–Crippen MR) is 128 cm³/mol. The first kappa shape index (κ1) is 23.8. The van der Waals surface area contributed by atoms with E-state index in [0.717, 1.165) is 24.2 Å². The molecule has 1 unspecified atom stereocenters. The number of carbonyl (C=O) groups is 2. The van der Waals surface area contributed by atoms with Crippen LogP contribution in [0.5, 0.6) is 11.5 Å². The first-order chi connectivity index (χ1) is 16.4. The molecular weight excluding hydrogens is 434 g/mol. The fourth-order valence-electron chi connectivity index (χ4n) is 4.45. The maximum absolute atomic E-state index is 13.2. The quantitative estimate of drug-likeness (QED) is 0.356. The van der Waals surface area contributed by atoms with E-state index in [0.29, 0.717) is 30.1 Å². The molecule has 2 aromatic carbocycles. The zero-order valence-corrected chi connectivity index (χ0v) is 19.9. The molecule has 0 radical (unpaired) electrons. The average molecular weight is 466 g/mol. The van der Waals surface area contributed by atoms with Gasteiger partial charge in [0.05, 0.1) is 37.5 Å². The van der Waals surface area contributed by atoms with Crippen molar-refractivity contribution in [1.82, 2.24) is 4.90 Å². The Morgan fingerprint density at radius 1 is 1.21 bits per heavy atom. The molecule has 2 aromatic rings. The summed E-state index contributed by atoms with van der Waals surface area (Å²) in [6.45, 7) is 7.38. The number of nitrogens with zero attached hydrogens (tertiary/aromatic N) is 1. The van der Waals surface area contributed by atoms with Crippen molar-refractivity contribution in [2.45, 2.75) is 45.8 Å². The molecule has 2 aliphatic rings. The Balaban J connectivity index is 1.79. The fraction of sp³-hybridized carbons (Fsp3) is 0.407. The van der Waals surface area contributed by atoms with Gasteiger partial charge in [-0.1, -0.05) is 12.1 Å². The molecule has 1 amide bonds. The number of fused-ring (bicyclic) bond motifs is 1. The van der Waals surface area contributed by atoms with Crippen LogP contribution in [0.15, 0.2) is 48.0 Å². The maximum Gasteiger partial charge on any atom is 0.295 e. The number of aliphatic hydroxyl groups excluding tert-OH is 1. The molecule has 0 bridgehead atoms. The van der Waals surface area contributed by atoms with Gasteiger partial charge in [-0.25, -0.2) is 0 Å². The summed E-state index contributed by atoms with van der Waals surface area (Å²) in [4.78, 5) is 27.8. The van der Waals surface area contributed by atoms with Crippen molar-refractivity contribution in [3.8, 4) is 11.5 Å². The Hall–Kier alpha value is -3.32. The van der Waals surface area contributed by atoms with Crippen LogP contribution in [0.4, 0.5) is 0 Å². The van der Waals surface area contributed by atoms with Crippen LogP contribution in [0.1, 0.15) is 49.9 Å². The Kier molecular flexibility index (Phi) is 7.22. The molecule has 7 nitrogen and oxygen atoms in total. The van der Waals surface area contributed by atoms with Gasteiger partial charge in [-0.05, 0) is 75.1 Å². The predicted octanol–water partition coefficient (Wildman–Crippen LogP) is 4.26. The van der Waals surface area contributed by atoms with Crippen molar-refractivity contribution in [3.05, 3.63) is 64.7 Å². The summed E-state index contributed by atoms with van der Waals surface area (Å²) in [5.74, 6) is -0.124. The van der Waals surface area contributed by atoms with Gasteiger partial charge in [-0.15, -0.1) is 0 Å². The van der Waals surface area contributed by atoms with Crippen molar-refractivity contribution in [2.24, 2.45) is 0 Å². The van der Waals surface area contributed by atoms with Gasteiger partial charge in [-0.2, -0.15) is 0 Å². The third-order valence-electron chi connectivity index (χ3n) is 5.99. The van der Waals surface area contributed by atoms with Gasteiger partial charge in [0, 0.05) is 12.1 Å². The highest BCUT2D eigenvalue weighted by Gasteiger charge is 2.46. The summed E-state index contributed by atoms with van der Waals surface area (Å²) in [6, 6.07) is 11.9. The number of rotatable bonds is 8. The van der Waals surface area contributed by atoms with Crippen molar-refractivity contribution >= 4 is 17.4 Å². The molecule has 4 rings (SSSR count). The summed E-state index contributed by atoms with van der Waals surface area (Å²) in [5, 5.41) is 11.3. The van der Waals surface area contributed by atoms with Crippen LogP contribution in [-0.4, -0.2) is 54.2 Å². The smallest absolute Gasteiger partial charge is 0.295 e. The van der Waals surface area contributed by atoms with Crippen LogP contribution in [0.2, 0.25) is 0 Å². The Bertz CT molecular complexity index is 1110. The number of ketones is 1. The number of carbonyl (C=O) groups excluding carboxylic acids is 2. The van der Waals surface area contributed by atoms with Crippen LogP contribution in [0.25, 0.3) is 5.76 Å². The Morgan fingerprint density at radius 2 is 2.03 bits per heavy atom. The zero-order valence-electron chi connectivity index (χ0n) is 19.9. The first-order valence-electron chi connectivity index (χ1n) is 11.8. The van der Waals surface area contributed by atoms with Crippen molar-refractivity contribution in [1.29, 1.82) is 0 Å². The van der Waals surface area contributed by atoms with Crippen molar-refractivity contribution in [2.75, 3.05) is 26.4 Å². The second-order valence-corrected chi connectivity index (χ2v) is 8.69. The fourth-order valence-corrected chi connectivity index (χ4v) is 4.45. The van der Waals surface area contributed by atoms with Gasteiger partial charge >= 0.3 is 0 Å². The third-order valence-corrected chi connectivity index (χ3v) is 5.99. The Morgan fingerprint density at radius 3 is 2.79 bits per heavy atom. The van der Waals surface area contributed by atoms with E-state index >= 15 is 0 Å². The summed E-state index contributed by atoms with van der Waals surface area (Å²) in [5.41, 5.74) is 2.23. The third kappa shape index (κ3) is 4.80. The van der Waals surface area contributed by atoms with Crippen LogP contribution >= 0.6 is 0 Å². The molecule has 1 fully saturated rings. The minimum Gasteiger partial charge on any atom is -0.507 e. The van der Waals surface area contributed by atoms with Gasteiger partial charge in [0.25, 0.3) is 11.7 Å². The number of benzene rings is 2. The van der Waals surface area contributed by atoms with Crippen molar-refractivity contribution < 1.29 is 28.9 Å². The van der Waals surface area contributed by atoms with E-state index in [1.54, 1.807) is 12.1 Å². The molecule has 1 saturated heterocycles. The molecule has 2 heterocycles. The second-order valence-electron chi connectivity index (χ2n) is 8.69. The zero-order chi connectivity index (χ0) is 24.2. The van der Waals surface area contributed by atoms with Gasteiger partial charge in [0.2, 0.25) is 0 Å². The summed E-state index contributed by atoms with van der Waals surface area (Å²) < 4.78 is 17.0. The number of likely N-dealkylation sites (tertiary alicyclic amines) is 1. The lowest BCUT2D eigenvalue weighted by atomic mass is 9.94. The number of aliphatic hydroxyl groups is 1. The summed E-state index contributed by atoms with van der Waals surface area (Å²) >= 11 is 0. The minimum atomic E-state index is -0.747. The molecule has 0 saturated carbocycles. The molecule has 0 aliphatic carbocycles. The van der Waals surface area contributed by atoms with E-state index < -0.39 is 17.7 Å². The summed E-state index contributed by atoms with van der Waals surface area (Å²) in [7, 11) is 0. The van der Waals surface area contributed by atoms with Crippen LogP contribution in [0.3, 0.4) is 0 Å². The molecule has 0 aromatic heterocycles. The number of hydrogen-bond acceptors (Lipinski definition) is 6. The highest BCUT2D eigenvalue weighted by atomic mass is 16.5. The molecular formula is C27H31NO6. The van der Waals surface area contributed by atoms with E-state index in [1.165, 1.54) is 4.90 Å². The standard InChI is InChI=1S/C27H31NO6/c1-4-32-21-9-5-7-19(16-21)24-23(26(30)27(31)28(24)12-14-33-17(2)3)25(29)20-10-11-22-18(15-20)8-6-13-34-22/h5,7,9-11,15-17,24,29H,4,6,8,12-14H2,1-3H3/b25-23-. The number of hydrogen-bond donors (Lipinski definition) is 1. The van der Waals surface area contributed by atoms with E-state index in [9.17, 15) is 14.7 Å². The lowest BCUT2D eigenvalue weighted by Gasteiger charge is -2.26. The normalized spacial score (nSPS) is 19.3. The van der Waals surface area contributed by atoms with E-state index in [4.69, 9.17) is 14.2 Å². The summed E-state index contributed by atoms with van der Waals surface area (Å²) in [6.07, 6.45) is 1.72. The molecule has 34 heavy (non-hydrogen) atoms. The second kappa shape index (κ2) is 10.3. The number of Topliss-reactive ketones (excluding diaryl/α,β-unsaturated/α-hetero) is 1. The van der Waals surface area contributed by atoms with E-state index in [1.807, 2.05) is 51.1 Å². The van der Waals surface area contributed by atoms with Gasteiger partial charge in [-0.3, -0.25) is 9.59 Å². The molecule has 1 atom stereocenters. The lowest BCUT2D eigenvalue weighted by Crippen LogP contribution is -2.33. The van der Waals surface area contributed by atoms with Crippen LogP contribution in [0, 0.1) is 0 Å². The molecule has 7 heteroatoms. The minimum absolute atomic E-state index is 0.00531. The highest BCUT2D eigenvalue weighted by Crippen LogP contribution is 2.40. The van der Waals surface area contributed by atoms with Crippen LogP contribution in [-0.2, 0) is 20.7 Å². The topological polar surface area (TPSA) is 85.3 Å². The maximum atomic E-state index is 13.2. The van der Waals surface area contributed by atoms with Crippen LogP contribution < -0.4 is 9.47 Å². The number of amides is 1. The van der Waals surface area contributed by atoms with Gasteiger partial charge in [0.1, 0.15) is 17.3 Å². The van der Waals surface area contributed by atoms with E-state index in [2.05, 4.69) is 0 Å². The molecule has 1 N–H and O–H groups in total. The number of aryl methyl sites for hydroxylation is 1. The highest BCUT2D eigenvalue weighted by molar-refractivity contribution is 6.46. The van der Waals surface area contributed by atoms with E-state index in [-0.39, 0.29) is 30.6 Å². The first-order valence-corrected chi connectivity index (χ1v) is 11.8. The van der Waals surface area contributed by atoms with Gasteiger partial charge < -0.3 is 24.2 Å². The molecule has 180 valence electrons. The molecule has 0 spiro atoms. The lowest BCUT2D eigenvalue weighted by molar-refractivity contribution is -0.140. The SMILES string of the molecule is CCOc1cccc(C2/C(=C(/O)c3ccc4c(c3)CCCO4)C(=O)C(=O)N2CCOC(C)C)c1. The number of ether oxygens (including phenoxy) is 3. The van der Waals surface area contributed by atoms with Crippen molar-refractivity contribution in [3.63, 3.8) is 0 Å². The molecule has 2 aliphatic heterocycles. The Labute approximate surface area is 199 Å². The largest absolute Gasteiger partial charge is 0.507 e. The average Bonchev–Trinajstić information content (AvgIpc) is 3.08.